The van der Waals surface area contributed by atoms with Gasteiger partial charge in [-0.25, -0.2) is 0 Å². The van der Waals surface area contributed by atoms with Gasteiger partial charge in [-0.05, 0) is 49.6 Å². The van der Waals surface area contributed by atoms with E-state index in [4.69, 9.17) is 21.1 Å². The summed E-state index contributed by atoms with van der Waals surface area (Å²) in [5.74, 6) is 1.34. The Hall–Kier alpha value is -2.20. The molecule has 4 nitrogen and oxygen atoms in total. The van der Waals surface area contributed by atoms with Crippen molar-refractivity contribution in [2.75, 3.05) is 6.61 Å². The zero-order valence-corrected chi connectivity index (χ0v) is 16.8. The molecule has 0 saturated heterocycles. The van der Waals surface area contributed by atoms with Crippen LogP contribution in [0.4, 0.5) is 0 Å². The average Bonchev–Trinajstić information content (AvgIpc) is 2.68. The van der Waals surface area contributed by atoms with Crippen LogP contribution in [0.25, 0.3) is 0 Å². The van der Waals surface area contributed by atoms with Crippen LogP contribution in [0.1, 0.15) is 50.3 Å². The smallest absolute Gasteiger partial charge is 0.258 e. The maximum atomic E-state index is 12.5. The molecule has 0 aromatic heterocycles. The van der Waals surface area contributed by atoms with Gasteiger partial charge in [0.25, 0.3) is 5.91 Å². The van der Waals surface area contributed by atoms with Crippen molar-refractivity contribution in [3.8, 4) is 11.5 Å². The summed E-state index contributed by atoms with van der Waals surface area (Å²) in [5.41, 5.74) is 1.69. The first kappa shape index (κ1) is 19.6. The summed E-state index contributed by atoms with van der Waals surface area (Å²) in [5, 5.41) is 3.81. The van der Waals surface area contributed by atoms with E-state index in [-0.39, 0.29) is 24.2 Å². The molecule has 2 aromatic rings. The first-order chi connectivity index (χ1) is 13.0. The third-order valence-corrected chi connectivity index (χ3v) is 5.74. The van der Waals surface area contributed by atoms with Crippen molar-refractivity contribution in [2.24, 2.45) is 0 Å². The summed E-state index contributed by atoms with van der Waals surface area (Å²) >= 11 is 6.03. The van der Waals surface area contributed by atoms with E-state index in [2.05, 4.69) is 19.2 Å². The van der Waals surface area contributed by atoms with Gasteiger partial charge >= 0.3 is 0 Å². The Morgan fingerprint density at radius 2 is 2.00 bits per heavy atom. The lowest BCUT2D eigenvalue weighted by atomic mass is 9.83. The highest BCUT2D eigenvalue weighted by Crippen LogP contribution is 2.42. The van der Waals surface area contributed by atoms with E-state index >= 15 is 0 Å². The first-order valence-electron chi connectivity index (χ1n) is 9.42. The zero-order valence-electron chi connectivity index (χ0n) is 16.0. The third kappa shape index (κ3) is 4.38. The molecule has 0 unspecified atom stereocenters. The number of nitrogens with one attached hydrogen (secondary N) is 1. The molecule has 3 rings (SSSR count). The van der Waals surface area contributed by atoms with E-state index in [1.54, 1.807) is 12.1 Å². The van der Waals surface area contributed by atoms with Crippen LogP contribution in [0, 0.1) is 6.92 Å². The van der Waals surface area contributed by atoms with Gasteiger partial charge in [-0.2, -0.15) is 0 Å². The Balaban J connectivity index is 1.69. The van der Waals surface area contributed by atoms with Gasteiger partial charge < -0.3 is 14.8 Å². The molecule has 0 spiro atoms. The molecule has 0 bridgehead atoms. The number of ether oxygens (including phenoxy) is 2. The fourth-order valence-electron chi connectivity index (χ4n) is 3.52. The molecule has 144 valence electrons. The maximum Gasteiger partial charge on any atom is 0.258 e. The van der Waals surface area contributed by atoms with Gasteiger partial charge in [-0.3, -0.25) is 4.79 Å². The lowest BCUT2D eigenvalue weighted by Gasteiger charge is -2.41. The van der Waals surface area contributed by atoms with Crippen LogP contribution in [0.2, 0.25) is 5.02 Å². The summed E-state index contributed by atoms with van der Waals surface area (Å²) < 4.78 is 11.9. The van der Waals surface area contributed by atoms with Crippen LogP contribution in [0.15, 0.2) is 42.5 Å². The Morgan fingerprint density at radius 1 is 1.26 bits per heavy atom. The minimum Gasteiger partial charge on any atom is -0.487 e. The quantitative estimate of drug-likeness (QED) is 0.738. The number of carbonyl (C=O) groups excluding carboxylic acids is 1. The summed E-state index contributed by atoms with van der Waals surface area (Å²) in [6.07, 6.45) is 2.54. The summed E-state index contributed by atoms with van der Waals surface area (Å²) in [6, 6.07) is 13.2. The SMILES string of the molecule is CCC1(CC)C[C@H](NC(=O)COc2ccc(Cl)c(C)c2)c2ccccc2O1. The zero-order chi connectivity index (χ0) is 19.4. The fourth-order valence-corrected chi connectivity index (χ4v) is 3.64. The summed E-state index contributed by atoms with van der Waals surface area (Å²) in [4.78, 5) is 12.5. The Bertz CT molecular complexity index is 817. The van der Waals surface area contributed by atoms with E-state index in [1.165, 1.54) is 0 Å². The lowest BCUT2D eigenvalue weighted by molar-refractivity contribution is -0.124. The molecule has 0 radical (unpaired) electrons. The molecule has 1 aliphatic heterocycles. The molecule has 0 fully saturated rings. The number of hydrogen-bond donors (Lipinski definition) is 1. The van der Waals surface area contributed by atoms with Crippen LogP contribution >= 0.6 is 11.6 Å². The molecule has 27 heavy (non-hydrogen) atoms. The lowest BCUT2D eigenvalue weighted by Crippen LogP contribution is -2.45. The second-order valence-electron chi connectivity index (χ2n) is 7.05. The molecule has 1 N–H and O–H groups in total. The number of hydrogen-bond acceptors (Lipinski definition) is 3. The Labute approximate surface area is 165 Å². The van der Waals surface area contributed by atoms with Crippen molar-refractivity contribution < 1.29 is 14.3 Å². The highest BCUT2D eigenvalue weighted by Gasteiger charge is 2.38. The van der Waals surface area contributed by atoms with E-state index in [0.29, 0.717) is 10.8 Å². The van der Waals surface area contributed by atoms with E-state index < -0.39 is 0 Å². The molecule has 0 saturated carbocycles. The second kappa shape index (κ2) is 8.22. The Kier molecular flexibility index (Phi) is 5.95. The highest BCUT2D eigenvalue weighted by atomic mass is 35.5. The number of benzene rings is 2. The molecule has 2 aromatic carbocycles. The third-order valence-electron chi connectivity index (χ3n) is 5.32. The average molecular weight is 388 g/mol. The topological polar surface area (TPSA) is 47.6 Å². The number of rotatable bonds is 6. The van der Waals surface area contributed by atoms with Crippen molar-refractivity contribution in [3.63, 3.8) is 0 Å². The fraction of sp³-hybridized carbons (Fsp3) is 0.409. The number of amides is 1. The van der Waals surface area contributed by atoms with Gasteiger partial charge in [0.05, 0.1) is 6.04 Å². The molecule has 1 heterocycles. The van der Waals surface area contributed by atoms with Gasteiger partial charge in [0.15, 0.2) is 6.61 Å². The predicted octanol–water partition coefficient (Wildman–Crippen LogP) is 5.23. The van der Waals surface area contributed by atoms with Crippen LogP contribution in [0.3, 0.4) is 0 Å². The number of para-hydroxylation sites is 1. The normalized spacial score (nSPS) is 17.6. The van der Waals surface area contributed by atoms with E-state index in [1.807, 2.05) is 37.3 Å². The highest BCUT2D eigenvalue weighted by molar-refractivity contribution is 6.31. The standard InChI is InChI=1S/C22H26ClNO3/c1-4-22(5-2)13-19(17-8-6-7-9-20(17)27-22)24-21(25)14-26-16-10-11-18(23)15(3)12-16/h6-12,19H,4-5,13-14H2,1-3H3,(H,24,25)/t19-/m0/s1. The minimum atomic E-state index is -0.250. The van der Waals surface area contributed by atoms with Crippen molar-refractivity contribution in [2.45, 2.75) is 51.7 Å². The van der Waals surface area contributed by atoms with Crippen molar-refractivity contribution in [3.05, 3.63) is 58.6 Å². The maximum absolute atomic E-state index is 12.5. The van der Waals surface area contributed by atoms with Crippen molar-refractivity contribution in [1.82, 2.24) is 5.32 Å². The number of carbonyl (C=O) groups is 1. The monoisotopic (exact) mass is 387 g/mol. The molecule has 5 heteroatoms. The van der Waals surface area contributed by atoms with Crippen LogP contribution in [0.5, 0.6) is 11.5 Å². The first-order valence-corrected chi connectivity index (χ1v) is 9.80. The van der Waals surface area contributed by atoms with Crippen LogP contribution in [-0.4, -0.2) is 18.1 Å². The van der Waals surface area contributed by atoms with Gasteiger partial charge in [0.1, 0.15) is 17.1 Å². The van der Waals surface area contributed by atoms with Gasteiger partial charge in [0, 0.05) is 17.0 Å². The number of aryl methyl sites for hydroxylation is 1. The van der Waals surface area contributed by atoms with Crippen LogP contribution < -0.4 is 14.8 Å². The molecule has 1 amide bonds. The molecule has 1 atom stereocenters. The van der Waals surface area contributed by atoms with Crippen molar-refractivity contribution in [1.29, 1.82) is 0 Å². The Morgan fingerprint density at radius 3 is 2.70 bits per heavy atom. The molecular weight excluding hydrogens is 362 g/mol. The largest absolute Gasteiger partial charge is 0.487 e. The molecule has 0 aliphatic carbocycles. The van der Waals surface area contributed by atoms with Gasteiger partial charge in [0.2, 0.25) is 0 Å². The predicted molar refractivity (Wildman–Crippen MR) is 108 cm³/mol. The minimum absolute atomic E-state index is 0.0359. The molecular formula is C22H26ClNO3. The number of fused-ring (bicyclic) bond motifs is 1. The second-order valence-corrected chi connectivity index (χ2v) is 7.46. The molecule has 1 aliphatic rings. The summed E-state index contributed by atoms with van der Waals surface area (Å²) in [6.45, 7) is 6.12. The summed E-state index contributed by atoms with van der Waals surface area (Å²) in [7, 11) is 0. The van der Waals surface area contributed by atoms with Gasteiger partial charge in [-0.1, -0.05) is 43.6 Å². The van der Waals surface area contributed by atoms with E-state index in [0.717, 1.165) is 36.1 Å². The van der Waals surface area contributed by atoms with E-state index in [9.17, 15) is 4.79 Å². The number of halogens is 1. The van der Waals surface area contributed by atoms with Crippen molar-refractivity contribution >= 4 is 17.5 Å². The van der Waals surface area contributed by atoms with Gasteiger partial charge in [-0.15, -0.1) is 0 Å². The van der Waals surface area contributed by atoms with Crippen LogP contribution in [-0.2, 0) is 4.79 Å².